The van der Waals surface area contributed by atoms with Crippen LogP contribution < -0.4 is 5.32 Å². The predicted molar refractivity (Wildman–Crippen MR) is 108 cm³/mol. The smallest absolute Gasteiger partial charge is 0.275 e. The third-order valence-corrected chi connectivity index (χ3v) is 5.21. The van der Waals surface area contributed by atoms with E-state index in [4.69, 9.17) is 0 Å². The number of benzene rings is 2. The van der Waals surface area contributed by atoms with Gasteiger partial charge in [-0.2, -0.15) is 0 Å². The van der Waals surface area contributed by atoms with Gasteiger partial charge in [-0.05, 0) is 36.8 Å². The Kier molecular flexibility index (Phi) is 4.99. The molecule has 0 saturated carbocycles. The van der Waals surface area contributed by atoms with Crippen molar-refractivity contribution in [3.05, 3.63) is 89.2 Å². The molecule has 7 heteroatoms. The Morgan fingerprint density at radius 2 is 1.96 bits per heavy atom. The number of nitrogens with zero attached hydrogens (tertiary/aromatic N) is 3. The van der Waals surface area contributed by atoms with E-state index in [2.05, 4.69) is 15.3 Å². The molecule has 0 spiro atoms. The number of imidazole rings is 1. The molecule has 2 heterocycles. The van der Waals surface area contributed by atoms with Gasteiger partial charge in [0.05, 0.1) is 0 Å². The molecule has 4 rings (SSSR count). The quantitative estimate of drug-likeness (QED) is 0.533. The molecule has 2 aromatic heterocycles. The lowest BCUT2D eigenvalue weighted by Crippen LogP contribution is -2.12. The van der Waals surface area contributed by atoms with Crippen LogP contribution in [0.4, 0.5) is 10.1 Å². The van der Waals surface area contributed by atoms with Crippen LogP contribution >= 0.6 is 11.3 Å². The van der Waals surface area contributed by atoms with Crippen molar-refractivity contribution < 1.29 is 9.18 Å². The summed E-state index contributed by atoms with van der Waals surface area (Å²) in [5, 5.41) is 4.94. The Balaban J connectivity index is 1.44. The largest absolute Gasteiger partial charge is 0.331 e. The fraction of sp³-hybridized carbons (Fsp3) is 0.0952. The van der Waals surface area contributed by atoms with Gasteiger partial charge in [0.25, 0.3) is 5.91 Å². The average molecular weight is 392 g/mol. The minimum atomic E-state index is -0.354. The normalized spacial score (nSPS) is 10.8. The first-order chi connectivity index (χ1) is 13.6. The number of carbonyl (C=O) groups excluding carboxylic acids is 1. The second kappa shape index (κ2) is 7.74. The lowest BCUT2D eigenvalue weighted by atomic mass is 10.2. The maximum absolute atomic E-state index is 13.9. The summed E-state index contributed by atoms with van der Waals surface area (Å²) in [5.41, 5.74) is 2.44. The molecule has 0 fully saturated rings. The van der Waals surface area contributed by atoms with E-state index in [-0.39, 0.29) is 17.4 Å². The topological polar surface area (TPSA) is 59.8 Å². The van der Waals surface area contributed by atoms with Gasteiger partial charge in [0.15, 0.2) is 0 Å². The fourth-order valence-electron chi connectivity index (χ4n) is 2.79. The number of nitrogens with one attached hydrogen (secondary N) is 1. The van der Waals surface area contributed by atoms with Crippen LogP contribution in [0.3, 0.4) is 0 Å². The zero-order valence-corrected chi connectivity index (χ0v) is 15.9. The Labute approximate surface area is 165 Å². The van der Waals surface area contributed by atoms with Gasteiger partial charge in [-0.15, -0.1) is 11.3 Å². The van der Waals surface area contributed by atoms with Crippen molar-refractivity contribution >= 4 is 22.9 Å². The molecular weight excluding hydrogens is 375 g/mol. The van der Waals surface area contributed by atoms with Gasteiger partial charge in [0, 0.05) is 35.6 Å². The molecule has 0 aliphatic heterocycles. The SMILES string of the molecule is Cc1nccn1Cc1ccc(NC(=O)c2csc(-c3ccccc3F)n2)cc1. The number of amides is 1. The van der Waals surface area contributed by atoms with E-state index in [0.717, 1.165) is 17.9 Å². The van der Waals surface area contributed by atoms with Gasteiger partial charge >= 0.3 is 0 Å². The van der Waals surface area contributed by atoms with Crippen LogP contribution in [0.1, 0.15) is 21.9 Å². The summed E-state index contributed by atoms with van der Waals surface area (Å²) >= 11 is 1.24. The molecule has 0 aliphatic carbocycles. The molecule has 2 aromatic carbocycles. The van der Waals surface area contributed by atoms with Crippen LogP contribution in [0, 0.1) is 12.7 Å². The van der Waals surface area contributed by atoms with E-state index in [1.54, 1.807) is 29.8 Å². The lowest BCUT2D eigenvalue weighted by Gasteiger charge is -2.07. The number of halogens is 1. The summed E-state index contributed by atoms with van der Waals surface area (Å²) in [7, 11) is 0. The Bertz CT molecular complexity index is 1120. The molecule has 0 atom stereocenters. The zero-order chi connectivity index (χ0) is 19.5. The van der Waals surface area contributed by atoms with Crippen molar-refractivity contribution in [3.63, 3.8) is 0 Å². The van der Waals surface area contributed by atoms with Crippen LogP contribution in [0.5, 0.6) is 0 Å². The van der Waals surface area contributed by atoms with Crippen LogP contribution in [0.25, 0.3) is 10.6 Å². The molecule has 0 saturated heterocycles. The molecule has 0 unspecified atom stereocenters. The molecule has 0 radical (unpaired) electrons. The number of anilines is 1. The predicted octanol–water partition coefficient (Wildman–Crippen LogP) is 4.75. The molecule has 4 aromatic rings. The van der Waals surface area contributed by atoms with E-state index in [1.807, 2.05) is 42.0 Å². The van der Waals surface area contributed by atoms with Gasteiger partial charge in [-0.3, -0.25) is 4.79 Å². The number of hydrogen-bond donors (Lipinski definition) is 1. The maximum atomic E-state index is 13.9. The highest BCUT2D eigenvalue weighted by Gasteiger charge is 2.14. The molecule has 28 heavy (non-hydrogen) atoms. The van der Waals surface area contributed by atoms with E-state index >= 15 is 0 Å². The molecule has 5 nitrogen and oxygen atoms in total. The maximum Gasteiger partial charge on any atom is 0.275 e. The molecule has 0 bridgehead atoms. The van der Waals surface area contributed by atoms with Gasteiger partial charge < -0.3 is 9.88 Å². The van der Waals surface area contributed by atoms with E-state index < -0.39 is 0 Å². The molecule has 1 amide bonds. The average Bonchev–Trinajstić information content (AvgIpc) is 3.33. The Morgan fingerprint density at radius 3 is 2.68 bits per heavy atom. The highest BCUT2D eigenvalue weighted by atomic mass is 32.1. The number of carbonyl (C=O) groups is 1. The highest BCUT2D eigenvalue weighted by molar-refractivity contribution is 7.13. The van der Waals surface area contributed by atoms with Crippen molar-refractivity contribution in [3.8, 4) is 10.6 Å². The standard InChI is InChI=1S/C21H17FN4OS/c1-14-23-10-11-26(14)12-15-6-8-16(9-7-15)24-20(27)19-13-28-21(25-19)17-4-2-3-5-18(17)22/h2-11,13H,12H2,1H3,(H,24,27). The van der Waals surface area contributed by atoms with Gasteiger partial charge in [0.1, 0.15) is 22.3 Å². The summed E-state index contributed by atoms with van der Waals surface area (Å²) in [6, 6.07) is 14.0. The Hall–Kier alpha value is -3.32. The van der Waals surface area contributed by atoms with Gasteiger partial charge in [0.2, 0.25) is 0 Å². The first-order valence-corrected chi connectivity index (χ1v) is 9.56. The second-order valence-corrected chi connectivity index (χ2v) is 7.13. The van der Waals surface area contributed by atoms with Crippen molar-refractivity contribution in [1.82, 2.24) is 14.5 Å². The first-order valence-electron chi connectivity index (χ1n) is 8.68. The van der Waals surface area contributed by atoms with Crippen molar-refractivity contribution in [1.29, 1.82) is 0 Å². The number of aryl methyl sites for hydroxylation is 1. The molecule has 1 N–H and O–H groups in total. The number of hydrogen-bond acceptors (Lipinski definition) is 4. The van der Waals surface area contributed by atoms with E-state index in [1.165, 1.54) is 17.4 Å². The van der Waals surface area contributed by atoms with Crippen LogP contribution in [-0.2, 0) is 6.54 Å². The van der Waals surface area contributed by atoms with Crippen LogP contribution in [0.15, 0.2) is 66.3 Å². The second-order valence-electron chi connectivity index (χ2n) is 6.27. The fourth-order valence-corrected chi connectivity index (χ4v) is 3.62. The number of thiazole rings is 1. The van der Waals surface area contributed by atoms with E-state index in [0.29, 0.717) is 16.3 Å². The van der Waals surface area contributed by atoms with Gasteiger partial charge in [-0.25, -0.2) is 14.4 Å². The van der Waals surface area contributed by atoms with E-state index in [9.17, 15) is 9.18 Å². The monoisotopic (exact) mass is 392 g/mol. The molecular formula is C21H17FN4OS. The Morgan fingerprint density at radius 1 is 1.18 bits per heavy atom. The molecule has 0 aliphatic rings. The van der Waals surface area contributed by atoms with Gasteiger partial charge in [-0.1, -0.05) is 24.3 Å². The minimum absolute atomic E-state index is 0.265. The number of aromatic nitrogens is 3. The van der Waals surface area contributed by atoms with Crippen LogP contribution in [-0.4, -0.2) is 20.4 Å². The zero-order valence-electron chi connectivity index (χ0n) is 15.1. The van der Waals surface area contributed by atoms with Crippen molar-refractivity contribution in [2.45, 2.75) is 13.5 Å². The molecule has 140 valence electrons. The van der Waals surface area contributed by atoms with Crippen molar-refractivity contribution in [2.75, 3.05) is 5.32 Å². The summed E-state index contributed by atoms with van der Waals surface area (Å²) < 4.78 is 15.9. The first kappa shape index (κ1) is 18.1. The summed E-state index contributed by atoms with van der Waals surface area (Å²) in [6.45, 7) is 2.68. The third kappa shape index (κ3) is 3.84. The van der Waals surface area contributed by atoms with Crippen molar-refractivity contribution in [2.24, 2.45) is 0 Å². The lowest BCUT2D eigenvalue weighted by molar-refractivity contribution is 0.102. The highest BCUT2D eigenvalue weighted by Crippen LogP contribution is 2.26. The summed E-state index contributed by atoms with van der Waals surface area (Å²) in [4.78, 5) is 20.9. The summed E-state index contributed by atoms with van der Waals surface area (Å²) in [6.07, 6.45) is 3.70. The summed E-state index contributed by atoms with van der Waals surface area (Å²) in [5.74, 6) is 0.274. The third-order valence-electron chi connectivity index (χ3n) is 4.33. The minimum Gasteiger partial charge on any atom is -0.331 e. The van der Waals surface area contributed by atoms with Crippen LogP contribution in [0.2, 0.25) is 0 Å². The number of rotatable bonds is 5.